The Balaban J connectivity index is 2.19. The number of aliphatic hydroxyl groups excluding tert-OH is 3. The van der Waals surface area contributed by atoms with Crippen molar-refractivity contribution >= 4 is 5.97 Å². The van der Waals surface area contributed by atoms with Gasteiger partial charge in [0.2, 0.25) is 0 Å². The molecule has 14 heteroatoms. The fourth-order valence-corrected chi connectivity index (χ4v) is 9.02. The first-order valence-electron chi connectivity index (χ1n) is 19.7. The third-order valence-electron chi connectivity index (χ3n) is 12.4. The minimum atomic E-state index is -1.80. The molecule has 3 heterocycles. The van der Waals surface area contributed by atoms with Crippen molar-refractivity contribution < 1.29 is 58.7 Å². The van der Waals surface area contributed by atoms with Crippen molar-refractivity contribution in [2.75, 3.05) is 34.3 Å². The molecule has 0 bridgehead atoms. The van der Waals surface area contributed by atoms with Crippen molar-refractivity contribution in [2.24, 2.45) is 17.8 Å². The second-order valence-electron chi connectivity index (χ2n) is 17.3. The van der Waals surface area contributed by atoms with Crippen LogP contribution in [0.3, 0.4) is 0 Å². The van der Waals surface area contributed by atoms with Crippen molar-refractivity contribution in [1.82, 2.24) is 9.80 Å². The van der Waals surface area contributed by atoms with Gasteiger partial charge < -0.3 is 58.9 Å². The van der Waals surface area contributed by atoms with E-state index in [1.54, 1.807) is 34.6 Å². The molecule has 3 aliphatic rings. The highest BCUT2D eigenvalue weighted by Crippen LogP contribution is 2.40. The smallest absolute Gasteiger partial charge is 0.311 e. The van der Waals surface area contributed by atoms with Gasteiger partial charge in [-0.05, 0) is 94.3 Å². The van der Waals surface area contributed by atoms with Gasteiger partial charge in [-0.15, -0.1) is 0 Å². The lowest BCUT2D eigenvalue weighted by Gasteiger charge is -2.48. The van der Waals surface area contributed by atoms with Crippen LogP contribution in [0, 0.1) is 17.8 Å². The first-order valence-corrected chi connectivity index (χ1v) is 19.7. The summed E-state index contributed by atoms with van der Waals surface area (Å²) in [5.74, 6) is -2.58. The van der Waals surface area contributed by atoms with Gasteiger partial charge in [0.1, 0.15) is 30.0 Å². The van der Waals surface area contributed by atoms with Crippen molar-refractivity contribution in [3.05, 3.63) is 0 Å². The van der Waals surface area contributed by atoms with Gasteiger partial charge in [-0.1, -0.05) is 27.7 Å². The lowest BCUT2D eigenvalue weighted by Crippen LogP contribution is -2.60. The number of rotatable bonds is 8. The van der Waals surface area contributed by atoms with Crippen LogP contribution in [0.5, 0.6) is 0 Å². The maximum absolute atomic E-state index is 14.3. The van der Waals surface area contributed by atoms with Crippen LogP contribution in [0.25, 0.3) is 0 Å². The van der Waals surface area contributed by atoms with Gasteiger partial charge in [0.05, 0.1) is 41.5 Å². The van der Waals surface area contributed by atoms with Gasteiger partial charge in [0, 0.05) is 38.1 Å². The normalized spacial score (nSPS) is 48.9. The Kier molecular flexibility index (Phi) is 16.2. The zero-order chi connectivity index (χ0) is 40.4. The standard InChI is InChI=1S/C39H74N2O12/c1-15-28-39(11,47)32(43)25(7)41(16-2)20-21(3)18-37(9,46)34(53-36-30(42)27(40(12)13)17-22(4)49-36)23(5)31(24(6)35(45)51-28)52-29-19-38(10,48-14)33(44)26(8)50-29/h21-34,36,42-44,46-47H,15-20H2,1-14H3/t21-,22?,23+,24-,25-,26?,27?,28-,29?,30?,31+,32-,33?,34-,36?,37-,38?,39-/m1/s1. The van der Waals surface area contributed by atoms with Crippen LogP contribution in [0.4, 0.5) is 0 Å². The second-order valence-corrected chi connectivity index (χ2v) is 17.3. The maximum atomic E-state index is 14.3. The largest absolute Gasteiger partial charge is 0.459 e. The quantitative estimate of drug-likeness (QED) is 0.228. The van der Waals surface area contributed by atoms with E-state index in [0.717, 1.165) is 0 Å². The number of carbonyl (C=O) groups excluding carboxylic acids is 1. The van der Waals surface area contributed by atoms with Gasteiger partial charge in [-0.3, -0.25) is 9.69 Å². The van der Waals surface area contributed by atoms with Gasteiger partial charge in [-0.2, -0.15) is 0 Å². The highest BCUT2D eigenvalue weighted by Gasteiger charge is 2.52. The molecule has 3 fully saturated rings. The molecular weight excluding hydrogens is 688 g/mol. The molecule has 53 heavy (non-hydrogen) atoms. The van der Waals surface area contributed by atoms with Crippen LogP contribution in [0.2, 0.25) is 0 Å². The summed E-state index contributed by atoms with van der Waals surface area (Å²) in [7, 11) is 5.29. The zero-order valence-corrected chi connectivity index (χ0v) is 34.9. The van der Waals surface area contributed by atoms with Gasteiger partial charge in [0.15, 0.2) is 12.6 Å². The van der Waals surface area contributed by atoms with Crippen molar-refractivity contribution in [2.45, 2.75) is 192 Å². The average Bonchev–Trinajstić information content (AvgIpc) is 3.08. The molecule has 3 aliphatic heterocycles. The van der Waals surface area contributed by atoms with Crippen LogP contribution in [-0.4, -0.2) is 166 Å². The Hall–Kier alpha value is -1.01. The van der Waals surface area contributed by atoms with E-state index in [-0.39, 0.29) is 37.3 Å². The van der Waals surface area contributed by atoms with Crippen molar-refractivity contribution in [3.63, 3.8) is 0 Å². The molecule has 0 radical (unpaired) electrons. The molecule has 0 amide bonds. The number of esters is 1. The maximum Gasteiger partial charge on any atom is 0.311 e. The Morgan fingerprint density at radius 1 is 0.925 bits per heavy atom. The Morgan fingerprint density at radius 2 is 1.55 bits per heavy atom. The molecule has 3 rings (SSSR count). The zero-order valence-electron chi connectivity index (χ0n) is 34.9. The third kappa shape index (κ3) is 10.5. The molecule has 312 valence electrons. The average molecular weight is 763 g/mol. The Morgan fingerprint density at radius 3 is 2.09 bits per heavy atom. The number of hydrogen-bond acceptors (Lipinski definition) is 14. The molecule has 8 unspecified atom stereocenters. The number of ether oxygens (including phenoxy) is 6. The molecule has 0 aromatic carbocycles. The monoisotopic (exact) mass is 763 g/mol. The van der Waals surface area contributed by atoms with Crippen LogP contribution < -0.4 is 0 Å². The molecule has 5 N–H and O–H groups in total. The summed E-state index contributed by atoms with van der Waals surface area (Å²) in [5.41, 5.74) is -4.38. The first-order chi connectivity index (χ1) is 24.4. The number of hydrogen-bond donors (Lipinski definition) is 5. The van der Waals surface area contributed by atoms with E-state index in [0.29, 0.717) is 19.5 Å². The molecule has 0 aliphatic carbocycles. The molecule has 0 aromatic rings. The number of nitrogens with zero attached hydrogens (tertiary/aromatic N) is 2. The summed E-state index contributed by atoms with van der Waals surface area (Å²) in [4.78, 5) is 18.2. The van der Waals surface area contributed by atoms with E-state index >= 15 is 0 Å². The Labute approximate surface area is 318 Å². The van der Waals surface area contributed by atoms with Gasteiger partial charge in [0.25, 0.3) is 0 Å². The minimum absolute atomic E-state index is 0.134. The molecule has 0 saturated carbocycles. The summed E-state index contributed by atoms with van der Waals surface area (Å²) >= 11 is 0. The van der Waals surface area contributed by atoms with Crippen LogP contribution in [-0.2, 0) is 33.2 Å². The third-order valence-corrected chi connectivity index (χ3v) is 12.4. The molecule has 0 spiro atoms. The summed E-state index contributed by atoms with van der Waals surface area (Å²) in [6, 6.07) is -0.794. The van der Waals surface area contributed by atoms with E-state index in [2.05, 4.69) is 0 Å². The van der Waals surface area contributed by atoms with Crippen molar-refractivity contribution in [1.29, 1.82) is 0 Å². The minimum Gasteiger partial charge on any atom is -0.459 e. The SMILES string of the molecule is CC[C@H]1OC(=O)[C@H](C)[C@@H](OC2CC(C)(OC)C(O)C(C)O2)[C@H](C)[C@@H](OC2OC(C)CC(N(C)C)C2O)[C@](C)(O)C[C@@H](C)CN(CC)[C@H](C)[C@@H](O)[C@]1(C)O. The first kappa shape index (κ1) is 46.4. The van der Waals surface area contributed by atoms with Crippen LogP contribution in [0.1, 0.15) is 102 Å². The number of cyclic esters (lactones) is 1. The second kappa shape index (κ2) is 18.5. The number of likely N-dealkylation sites (N-methyl/N-ethyl adjacent to an activating group) is 2. The summed E-state index contributed by atoms with van der Waals surface area (Å²) < 4.78 is 37.6. The molecule has 0 aromatic heterocycles. The van der Waals surface area contributed by atoms with E-state index in [1.165, 1.54) is 14.0 Å². The molecule has 14 nitrogen and oxygen atoms in total. The topological polar surface area (TPSA) is 180 Å². The number of carbonyl (C=O) groups is 1. The van der Waals surface area contributed by atoms with Gasteiger partial charge >= 0.3 is 5.97 Å². The van der Waals surface area contributed by atoms with E-state index in [9.17, 15) is 30.3 Å². The van der Waals surface area contributed by atoms with E-state index < -0.39 is 96.0 Å². The fourth-order valence-electron chi connectivity index (χ4n) is 9.02. The highest BCUT2D eigenvalue weighted by molar-refractivity contribution is 5.73. The van der Waals surface area contributed by atoms with Crippen LogP contribution in [0.15, 0.2) is 0 Å². The molecular formula is C39H74N2O12. The highest BCUT2D eigenvalue weighted by atomic mass is 16.7. The summed E-state index contributed by atoms with van der Waals surface area (Å²) in [6.45, 7) is 20.7. The lowest BCUT2D eigenvalue weighted by atomic mass is 9.77. The Bertz CT molecular complexity index is 1160. The van der Waals surface area contributed by atoms with Gasteiger partial charge in [-0.25, -0.2) is 0 Å². The van der Waals surface area contributed by atoms with Crippen LogP contribution >= 0.6 is 0 Å². The van der Waals surface area contributed by atoms with E-state index in [4.69, 9.17) is 28.4 Å². The van der Waals surface area contributed by atoms with Crippen molar-refractivity contribution in [3.8, 4) is 0 Å². The van der Waals surface area contributed by atoms with E-state index in [1.807, 2.05) is 58.5 Å². The fraction of sp³-hybridized carbons (Fsp3) is 0.974. The lowest BCUT2D eigenvalue weighted by molar-refractivity contribution is -0.318. The number of aliphatic hydroxyl groups is 5. The summed E-state index contributed by atoms with van der Waals surface area (Å²) in [5, 5.41) is 58.5. The molecule has 3 saturated heterocycles. The summed E-state index contributed by atoms with van der Waals surface area (Å²) in [6.07, 6.45) is -8.18. The predicted molar refractivity (Wildman–Crippen MR) is 199 cm³/mol. The predicted octanol–water partition coefficient (Wildman–Crippen LogP) is 2.29. The molecule has 18 atom stereocenters. The number of methoxy groups -OCH3 is 1.